The van der Waals surface area contributed by atoms with Crippen LogP contribution in [0.3, 0.4) is 0 Å². The maximum atomic E-state index is 12.5. The lowest BCUT2D eigenvalue weighted by molar-refractivity contribution is -0.118. The number of nitrogens with one attached hydrogen (secondary N) is 1. The maximum Gasteiger partial charge on any atom is 0.255 e. The molecule has 2 amide bonds. The minimum Gasteiger partial charge on any atom is -0.322 e. The average Bonchev–Trinajstić information content (AvgIpc) is 3.04. The number of hydrogen-bond donors (Lipinski definition) is 1. The van der Waals surface area contributed by atoms with E-state index in [-0.39, 0.29) is 11.8 Å². The first kappa shape index (κ1) is 17.2. The lowest BCUT2D eigenvalue weighted by Gasteiger charge is -2.16. The molecule has 0 bridgehead atoms. The number of amides is 2. The van der Waals surface area contributed by atoms with Gasteiger partial charge >= 0.3 is 0 Å². The van der Waals surface area contributed by atoms with Gasteiger partial charge in [0.05, 0.1) is 0 Å². The van der Waals surface area contributed by atoms with E-state index in [0.29, 0.717) is 24.4 Å². The molecule has 0 saturated heterocycles. The van der Waals surface area contributed by atoms with E-state index in [2.05, 4.69) is 19.2 Å². The summed E-state index contributed by atoms with van der Waals surface area (Å²) >= 11 is 0. The summed E-state index contributed by atoms with van der Waals surface area (Å²) in [6.07, 6.45) is 1.29. The molecule has 130 valence electrons. The quantitative estimate of drug-likeness (QED) is 0.902. The van der Waals surface area contributed by atoms with Crippen LogP contribution in [0.25, 0.3) is 0 Å². The summed E-state index contributed by atoms with van der Waals surface area (Å²) in [5.41, 5.74) is 4.65. The van der Waals surface area contributed by atoms with E-state index in [1.165, 1.54) is 5.56 Å². The lowest BCUT2D eigenvalue weighted by Crippen LogP contribution is -2.27. The third-order valence-electron chi connectivity index (χ3n) is 4.68. The number of nitrogens with zero attached hydrogens (tertiary/aromatic N) is 1. The van der Waals surface area contributed by atoms with Crippen molar-refractivity contribution in [1.82, 2.24) is 0 Å². The van der Waals surface area contributed by atoms with E-state index in [1.807, 2.05) is 48.2 Å². The second kappa shape index (κ2) is 7.09. The van der Waals surface area contributed by atoms with E-state index in [0.717, 1.165) is 23.4 Å². The maximum absolute atomic E-state index is 12.5. The smallest absolute Gasteiger partial charge is 0.255 e. The van der Waals surface area contributed by atoms with Crippen LogP contribution in [0.2, 0.25) is 0 Å². The fourth-order valence-electron chi connectivity index (χ4n) is 3.15. The van der Waals surface area contributed by atoms with Crippen LogP contribution < -0.4 is 10.2 Å². The van der Waals surface area contributed by atoms with Gasteiger partial charge in [0.1, 0.15) is 0 Å². The number of anilines is 2. The largest absolute Gasteiger partial charge is 0.322 e. The molecule has 1 N–H and O–H groups in total. The monoisotopic (exact) mass is 336 g/mol. The molecule has 25 heavy (non-hydrogen) atoms. The number of fused-ring (bicyclic) bond motifs is 1. The summed E-state index contributed by atoms with van der Waals surface area (Å²) in [5, 5.41) is 2.94. The van der Waals surface area contributed by atoms with Gasteiger partial charge < -0.3 is 10.2 Å². The summed E-state index contributed by atoms with van der Waals surface area (Å²) < 4.78 is 0. The zero-order valence-corrected chi connectivity index (χ0v) is 15.0. The zero-order valence-electron chi connectivity index (χ0n) is 15.0. The highest BCUT2D eigenvalue weighted by Crippen LogP contribution is 2.29. The zero-order chi connectivity index (χ0) is 18.0. The Labute approximate surface area is 148 Å². The fraction of sp³-hybridized carbons (Fsp3) is 0.333. The van der Waals surface area contributed by atoms with Gasteiger partial charge in [-0.15, -0.1) is 0 Å². The molecule has 0 unspecified atom stereocenters. The van der Waals surface area contributed by atoms with Gasteiger partial charge in [-0.05, 0) is 53.8 Å². The van der Waals surface area contributed by atoms with Gasteiger partial charge in [0.2, 0.25) is 5.91 Å². The summed E-state index contributed by atoms with van der Waals surface area (Å²) in [7, 11) is 0. The molecule has 1 aliphatic heterocycles. The van der Waals surface area contributed by atoms with Crippen LogP contribution in [0.5, 0.6) is 0 Å². The van der Waals surface area contributed by atoms with Crippen molar-refractivity contribution in [2.45, 2.75) is 39.5 Å². The van der Waals surface area contributed by atoms with E-state index < -0.39 is 0 Å². The summed E-state index contributed by atoms with van der Waals surface area (Å²) in [4.78, 5) is 26.3. The van der Waals surface area contributed by atoms with E-state index in [9.17, 15) is 9.59 Å². The Bertz CT molecular complexity index is 794. The van der Waals surface area contributed by atoms with Crippen molar-refractivity contribution in [3.63, 3.8) is 0 Å². The van der Waals surface area contributed by atoms with Crippen molar-refractivity contribution in [2.24, 2.45) is 0 Å². The topological polar surface area (TPSA) is 49.4 Å². The molecule has 1 heterocycles. The van der Waals surface area contributed by atoms with Crippen molar-refractivity contribution in [1.29, 1.82) is 0 Å². The van der Waals surface area contributed by atoms with Crippen LogP contribution in [0.15, 0.2) is 42.5 Å². The highest BCUT2D eigenvalue weighted by Gasteiger charge is 2.24. The van der Waals surface area contributed by atoms with Crippen LogP contribution in [-0.2, 0) is 11.2 Å². The van der Waals surface area contributed by atoms with Crippen LogP contribution in [0.1, 0.15) is 54.6 Å². The Morgan fingerprint density at radius 3 is 2.48 bits per heavy atom. The highest BCUT2D eigenvalue weighted by molar-refractivity contribution is 6.05. The summed E-state index contributed by atoms with van der Waals surface area (Å²) in [6, 6.07) is 13.5. The second-order valence-electron chi connectivity index (χ2n) is 6.72. The normalized spacial score (nSPS) is 13.0. The fourth-order valence-corrected chi connectivity index (χ4v) is 3.15. The first-order chi connectivity index (χ1) is 12.0. The van der Waals surface area contributed by atoms with Gasteiger partial charge in [-0.2, -0.15) is 0 Å². The lowest BCUT2D eigenvalue weighted by atomic mass is 10.0. The first-order valence-corrected chi connectivity index (χ1v) is 8.84. The third-order valence-corrected chi connectivity index (χ3v) is 4.68. The molecular weight excluding hydrogens is 312 g/mol. The number of benzene rings is 2. The van der Waals surface area contributed by atoms with Gasteiger partial charge in [-0.25, -0.2) is 0 Å². The standard InChI is InChI=1S/C21H24N2O2/c1-4-20(24)23-12-11-16-13-17(7-10-19(16)23)21(25)22-18-8-5-15(6-9-18)14(2)3/h5-10,13-14H,4,11-12H2,1-3H3,(H,22,25). The van der Waals surface area contributed by atoms with Gasteiger partial charge in [0.25, 0.3) is 5.91 Å². The molecule has 0 aromatic heterocycles. The number of carbonyl (C=O) groups excluding carboxylic acids is 2. The Morgan fingerprint density at radius 2 is 1.84 bits per heavy atom. The summed E-state index contributed by atoms with van der Waals surface area (Å²) in [5.74, 6) is 0.469. The Hall–Kier alpha value is -2.62. The summed E-state index contributed by atoms with van der Waals surface area (Å²) in [6.45, 7) is 6.85. The van der Waals surface area contributed by atoms with Crippen molar-refractivity contribution in [2.75, 3.05) is 16.8 Å². The van der Waals surface area contributed by atoms with Crippen molar-refractivity contribution < 1.29 is 9.59 Å². The van der Waals surface area contributed by atoms with Gasteiger partial charge in [0, 0.05) is 29.9 Å². The molecule has 4 heteroatoms. The number of carbonyl (C=O) groups is 2. The van der Waals surface area contributed by atoms with Crippen LogP contribution in [0, 0.1) is 0 Å². The van der Waals surface area contributed by atoms with E-state index >= 15 is 0 Å². The molecule has 0 fully saturated rings. The second-order valence-corrected chi connectivity index (χ2v) is 6.72. The molecule has 3 rings (SSSR count). The van der Waals surface area contributed by atoms with Crippen LogP contribution >= 0.6 is 0 Å². The average molecular weight is 336 g/mol. The predicted molar refractivity (Wildman–Crippen MR) is 101 cm³/mol. The van der Waals surface area contributed by atoms with Crippen LogP contribution in [0.4, 0.5) is 11.4 Å². The van der Waals surface area contributed by atoms with Crippen molar-refractivity contribution >= 4 is 23.2 Å². The Morgan fingerprint density at radius 1 is 1.12 bits per heavy atom. The minimum atomic E-state index is -0.125. The molecule has 0 saturated carbocycles. The van der Waals surface area contributed by atoms with Crippen molar-refractivity contribution in [3.8, 4) is 0 Å². The van der Waals surface area contributed by atoms with E-state index in [1.54, 1.807) is 6.07 Å². The minimum absolute atomic E-state index is 0.125. The number of rotatable bonds is 4. The third kappa shape index (κ3) is 3.58. The SMILES string of the molecule is CCC(=O)N1CCc2cc(C(=O)Nc3ccc(C(C)C)cc3)ccc21. The first-order valence-electron chi connectivity index (χ1n) is 8.84. The predicted octanol–water partition coefficient (Wildman–Crippen LogP) is 4.36. The number of hydrogen-bond acceptors (Lipinski definition) is 2. The van der Waals surface area contributed by atoms with E-state index in [4.69, 9.17) is 0 Å². The van der Waals surface area contributed by atoms with Crippen molar-refractivity contribution in [3.05, 3.63) is 59.2 Å². The molecule has 2 aromatic rings. The molecule has 1 aliphatic rings. The van der Waals surface area contributed by atoms with Gasteiger partial charge in [-0.3, -0.25) is 9.59 Å². The molecule has 0 radical (unpaired) electrons. The molecule has 4 nitrogen and oxygen atoms in total. The Kier molecular flexibility index (Phi) is 4.88. The molecular formula is C21H24N2O2. The molecule has 0 atom stereocenters. The Balaban J connectivity index is 1.74. The highest BCUT2D eigenvalue weighted by atomic mass is 16.2. The van der Waals surface area contributed by atoms with Gasteiger partial charge in [0.15, 0.2) is 0 Å². The molecule has 2 aromatic carbocycles. The van der Waals surface area contributed by atoms with Gasteiger partial charge in [-0.1, -0.05) is 32.9 Å². The molecule has 0 spiro atoms. The van der Waals surface area contributed by atoms with Crippen LogP contribution in [-0.4, -0.2) is 18.4 Å². The molecule has 0 aliphatic carbocycles.